The van der Waals surface area contributed by atoms with Crippen LogP contribution in [0.3, 0.4) is 0 Å². The van der Waals surface area contributed by atoms with E-state index in [1.807, 2.05) is 29.2 Å². The molecule has 2 aromatic carbocycles. The van der Waals surface area contributed by atoms with Crippen molar-refractivity contribution in [2.45, 2.75) is 45.1 Å². The summed E-state index contributed by atoms with van der Waals surface area (Å²) in [5, 5.41) is 4.83. The van der Waals surface area contributed by atoms with E-state index in [0.29, 0.717) is 17.3 Å². The Labute approximate surface area is 220 Å². The van der Waals surface area contributed by atoms with Crippen molar-refractivity contribution in [3.63, 3.8) is 0 Å². The van der Waals surface area contributed by atoms with Crippen molar-refractivity contribution in [2.75, 3.05) is 29.9 Å². The Hall–Kier alpha value is -4.27. The maximum atomic E-state index is 12.8. The molecule has 0 spiro atoms. The van der Waals surface area contributed by atoms with Crippen LogP contribution < -0.4 is 25.8 Å². The second-order valence-electron chi connectivity index (χ2n) is 9.40. The van der Waals surface area contributed by atoms with Gasteiger partial charge in [-0.15, -0.1) is 0 Å². The van der Waals surface area contributed by atoms with E-state index in [9.17, 15) is 14.4 Å². The first kappa shape index (κ1) is 25.4. The van der Waals surface area contributed by atoms with E-state index < -0.39 is 22.9 Å². The molecule has 0 aliphatic carbocycles. The summed E-state index contributed by atoms with van der Waals surface area (Å²) >= 11 is 0. The fraction of sp³-hybridized carbons (Fsp3) is 0.345. The molecule has 9 heteroatoms. The second kappa shape index (κ2) is 11.4. The van der Waals surface area contributed by atoms with Gasteiger partial charge in [-0.25, -0.2) is 9.78 Å². The van der Waals surface area contributed by atoms with E-state index in [2.05, 4.69) is 15.3 Å². The number of pyridine rings is 2. The smallest absolute Gasteiger partial charge is 0.328 e. The second-order valence-corrected chi connectivity index (χ2v) is 9.40. The maximum absolute atomic E-state index is 12.8. The van der Waals surface area contributed by atoms with Gasteiger partial charge >= 0.3 is 5.97 Å². The number of nitrogens with one attached hydrogen (secondary N) is 1. The van der Waals surface area contributed by atoms with Gasteiger partial charge in [0, 0.05) is 38.1 Å². The highest BCUT2D eigenvalue weighted by Gasteiger charge is 2.30. The Morgan fingerprint density at radius 1 is 1.00 bits per heavy atom. The number of hydrogen-bond acceptors (Lipinski definition) is 9. The number of ether oxygens (including phenoxy) is 2. The summed E-state index contributed by atoms with van der Waals surface area (Å²) < 4.78 is 11.3. The molecule has 1 N–H and O–H groups in total. The zero-order valence-electron chi connectivity index (χ0n) is 21.3. The molecule has 4 aromatic rings. The molecule has 1 atom stereocenters. The van der Waals surface area contributed by atoms with Crippen molar-refractivity contribution >= 4 is 28.1 Å². The summed E-state index contributed by atoms with van der Waals surface area (Å²) in [4.78, 5) is 48.3. The maximum Gasteiger partial charge on any atom is 0.328 e. The lowest BCUT2D eigenvalue weighted by Gasteiger charge is -2.28. The standard InChI is InChI=1S/C29H30N4O5/c1-2-37-29(36)23(32-24-25(27(35)26(24)34)33-15-5-3-4-6-16-33)17-19-7-9-21(10-8-19)38-28-22-18-30-13-11-20(22)12-14-31-28/h7-14,18,23,32H,2-6,15-17H2,1H3. The van der Waals surface area contributed by atoms with E-state index >= 15 is 0 Å². The van der Waals surface area contributed by atoms with E-state index in [1.54, 1.807) is 37.6 Å². The Bertz CT molecular complexity index is 1480. The zero-order valence-corrected chi connectivity index (χ0v) is 21.3. The number of fused-ring (bicyclic) bond motifs is 1. The summed E-state index contributed by atoms with van der Waals surface area (Å²) in [5.41, 5.74) is 0.373. The molecular formula is C29H30N4O5. The Morgan fingerprint density at radius 2 is 1.74 bits per heavy atom. The predicted molar refractivity (Wildman–Crippen MR) is 146 cm³/mol. The van der Waals surface area contributed by atoms with Gasteiger partial charge in [0.05, 0.1) is 12.0 Å². The monoisotopic (exact) mass is 514 g/mol. The van der Waals surface area contributed by atoms with Crippen LogP contribution in [-0.2, 0) is 16.0 Å². The molecule has 0 amide bonds. The van der Waals surface area contributed by atoms with Crippen LogP contribution in [-0.4, -0.2) is 41.7 Å². The average molecular weight is 515 g/mol. The highest BCUT2D eigenvalue weighted by atomic mass is 16.5. The van der Waals surface area contributed by atoms with Crippen molar-refractivity contribution in [1.29, 1.82) is 0 Å². The molecule has 3 heterocycles. The summed E-state index contributed by atoms with van der Waals surface area (Å²) in [6.45, 7) is 3.40. The van der Waals surface area contributed by atoms with Gasteiger partial charge in [0.1, 0.15) is 23.2 Å². The van der Waals surface area contributed by atoms with Crippen LogP contribution >= 0.6 is 0 Å². The van der Waals surface area contributed by atoms with Gasteiger partial charge in [0.2, 0.25) is 5.88 Å². The molecule has 1 saturated heterocycles. The average Bonchev–Trinajstić information content (AvgIpc) is 3.22. The Balaban J connectivity index is 1.33. The first-order valence-electron chi connectivity index (χ1n) is 13.0. The fourth-order valence-electron chi connectivity index (χ4n) is 4.83. The van der Waals surface area contributed by atoms with Gasteiger partial charge in [0.15, 0.2) is 0 Å². The van der Waals surface area contributed by atoms with Crippen LogP contribution in [0.15, 0.2) is 64.6 Å². The van der Waals surface area contributed by atoms with Gasteiger partial charge in [-0.2, -0.15) is 0 Å². The number of hydrogen-bond donors (Lipinski definition) is 1. The molecule has 38 heavy (non-hydrogen) atoms. The predicted octanol–water partition coefficient (Wildman–Crippen LogP) is 3.98. The number of anilines is 2. The number of carbonyl (C=O) groups is 1. The minimum absolute atomic E-state index is 0.210. The Morgan fingerprint density at radius 3 is 2.47 bits per heavy atom. The Kier molecular flexibility index (Phi) is 7.62. The molecule has 1 fully saturated rings. The molecule has 1 aliphatic heterocycles. The molecule has 9 nitrogen and oxygen atoms in total. The molecule has 0 saturated carbocycles. The highest BCUT2D eigenvalue weighted by Crippen LogP contribution is 2.28. The molecule has 2 aromatic heterocycles. The number of nitrogens with zero attached hydrogens (tertiary/aromatic N) is 3. The third-order valence-electron chi connectivity index (χ3n) is 6.81. The van der Waals surface area contributed by atoms with Crippen LogP contribution in [0.1, 0.15) is 38.2 Å². The summed E-state index contributed by atoms with van der Waals surface area (Å²) in [5.74, 6) is 0.565. The number of benzene rings is 1. The lowest BCUT2D eigenvalue weighted by molar-refractivity contribution is -0.144. The largest absolute Gasteiger partial charge is 0.464 e. The van der Waals surface area contributed by atoms with Crippen molar-refractivity contribution in [3.05, 3.63) is 81.0 Å². The van der Waals surface area contributed by atoms with Crippen molar-refractivity contribution in [3.8, 4) is 11.6 Å². The fourth-order valence-corrected chi connectivity index (χ4v) is 4.83. The number of esters is 1. The van der Waals surface area contributed by atoms with Crippen LogP contribution in [0.2, 0.25) is 0 Å². The van der Waals surface area contributed by atoms with E-state index in [-0.39, 0.29) is 18.7 Å². The molecular weight excluding hydrogens is 484 g/mol. The van der Waals surface area contributed by atoms with Crippen molar-refractivity contribution in [2.24, 2.45) is 0 Å². The normalized spacial score (nSPS) is 14.7. The topological polar surface area (TPSA) is 111 Å². The number of rotatable bonds is 9. The lowest BCUT2D eigenvalue weighted by Crippen LogP contribution is -2.46. The van der Waals surface area contributed by atoms with Gasteiger partial charge in [0.25, 0.3) is 10.9 Å². The summed E-state index contributed by atoms with van der Waals surface area (Å²) in [7, 11) is 0. The SMILES string of the molecule is CCOC(=O)C(Cc1ccc(Oc2nccc3ccncc23)cc1)Nc1c(N2CCCCCC2)c(=O)c1=O. The van der Waals surface area contributed by atoms with Crippen molar-refractivity contribution < 1.29 is 14.3 Å². The van der Waals surface area contributed by atoms with Gasteiger partial charge in [-0.05, 0) is 55.0 Å². The first-order valence-corrected chi connectivity index (χ1v) is 13.0. The molecule has 0 radical (unpaired) electrons. The quantitative estimate of drug-likeness (QED) is 0.262. The molecule has 196 valence electrons. The van der Waals surface area contributed by atoms with Crippen LogP contribution in [0.4, 0.5) is 11.4 Å². The van der Waals surface area contributed by atoms with E-state index in [4.69, 9.17) is 9.47 Å². The molecule has 0 bridgehead atoms. The molecule has 1 aliphatic rings. The van der Waals surface area contributed by atoms with Crippen LogP contribution in [0.25, 0.3) is 10.8 Å². The minimum Gasteiger partial charge on any atom is -0.464 e. The summed E-state index contributed by atoms with van der Waals surface area (Å²) in [6, 6.07) is 10.3. The van der Waals surface area contributed by atoms with Gasteiger partial charge in [-0.3, -0.25) is 14.6 Å². The highest BCUT2D eigenvalue weighted by molar-refractivity contribution is 5.86. The summed E-state index contributed by atoms with van der Waals surface area (Å²) in [6.07, 6.45) is 9.53. The first-order chi connectivity index (χ1) is 18.5. The van der Waals surface area contributed by atoms with Crippen LogP contribution in [0, 0.1) is 0 Å². The third kappa shape index (κ3) is 5.37. The number of carbonyl (C=O) groups excluding carboxylic acids is 1. The third-order valence-corrected chi connectivity index (χ3v) is 6.81. The van der Waals surface area contributed by atoms with Crippen molar-refractivity contribution in [1.82, 2.24) is 9.97 Å². The molecule has 1 unspecified atom stereocenters. The van der Waals surface area contributed by atoms with E-state index in [0.717, 1.165) is 55.1 Å². The van der Waals surface area contributed by atoms with Gasteiger partial charge in [-0.1, -0.05) is 25.0 Å². The van der Waals surface area contributed by atoms with E-state index in [1.165, 1.54) is 0 Å². The number of aromatic nitrogens is 2. The lowest BCUT2D eigenvalue weighted by atomic mass is 10.0. The molecule has 5 rings (SSSR count). The minimum atomic E-state index is -0.818. The zero-order chi connectivity index (χ0) is 26.5. The van der Waals surface area contributed by atoms with Gasteiger partial charge < -0.3 is 19.7 Å². The van der Waals surface area contributed by atoms with Crippen LogP contribution in [0.5, 0.6) is 11.6 Å².